The van der Waals surface area contributed by atoms with Crippen LogP contribution in [-0.4, -0.2) is 0 Å². The second-order valence-electron chi connectivity index (χ2n) is 0. The summed E-state index contributed by atoms with van der Waals surface area (Å²) >= 11 is 0. The van der Waals surface area contributed by atoms with Crippen LogP contribution in [0.25, 0.3) is 0 Å². The molecule has 0 aromatic rings. The van der Waals surface area contributed by atoms with E-state index < -0.39 is 0 Å². The van der Waals surface area contributed by atoms with Gasteiger partial charge in [-0.1, -0.05) is 0 Å². The van der Waals surface area contributed by atoms with Crippen molar-refractivity contribution in [2.75, 3.05) is 0 Å². The van der Waals surface area contributed by atoms with Crippen LogP contribution in [0.4, 0.5) is 0 Å². The Balaban J connectivity index is 0. The molecule has 4 heavy (non-hydrogen) atoms. The van der Waals surface area contributed by atoms with Crippen LogP contribution in [-0.2, 0) is 34.1 Å². The second-order valence-corrected chi connectivity index (χ2v) is 0. The van der Waals surface area contributed by atoms with Gasteiger partial charge in [0.1, 0.15) is 0 Å². The molecule has 0 aliphatic carbocycles. The van der Waals surface area contributed by atoms with E-state index in [4.69, 9.17) is 0 Å². The molecule has 0 nitrogen and oxygen atoms in total. The minimum absolute atomic E-state index is 0. The Labute approximate surface area is 54.1 Å². The summed E-state index contributed by atoms with van der Waals surface area (Å²) in [5.41, 5.74) is 0. The zero-order valence-corrected chi connectivity index (χ0v) is 5.60. The van der Waals surface area contributed by atoms with Crippen molar-refractivity contribution in [1.29, 1.82) is 0 Å². The summed E-state index contributed by atoms with van der Waals surface area (Å²) < 4.78 is 0. The third-order valence-corrected chi connectivity index (χ3v) is 0. The van der Waals surface area contributed by atoms with Crippen molar-refractivity contribution in [2.24, 2.45) is 0 Å². The quantitative estimate of drug-likeness (QED) is 0.387. The first-order valence-corrected chi connectivity index (χ1v) is 0. The Morgan fingerprint density at radius 1 is 0.500 bits per heavy atom. The summed E-state index contributed by atoms with van der Waals surface area (Å²) in [6.07, 6.45) is 0. The Morgan fingerprint density at radius 3 is 0.500 bits per heavy atom. The molecular formula is Fe2P2. The molecule has 0 saturated heterocycles. The van der Waals surface area contributed by atoms with Crippen molar-refractivity contribution in [2.45, 2.75) is 0 Å². The van der Waals surface area contributed by atoms with Gasteiger partial charge in [0, 0.05) is 53.9 Å². The molecule has 0 bridgehead atoms. The van der Waals surface area contributed by atoms with Gasteiger partial charge < -0.3 is 0 Å². The first-order valence-electron chi connectivity index (χ1n) is 0. The van der Waals surface area contributed by atoms with Gasteiger partial charge in [0.15, 0.2) is 0 Å². The smallest absolute Gasteiger partial charge is 0 e. The van der Waals surface area contributed by atoms with E-state index in [1.165, 1.54) is 0 Å². The zero-order chi connectivity index (χ0) is 0. The molecule has 0 amide bonds. The van der Waals surface area contributed by atoms with Crippen LogP contribution in [0.5, 0.6) is 0 Å². The van der Waals surface area contributed by atoms with E-state index in [1.807, 2.05) is 0 Å². The molecule has 0 N–H and O–H groups in total. The standard InChI is InChI=1S/2Fe.2P. The van der Waals surface area contributed by atoms with E-state index >= 15 is 0 Å². The maximum absolute atomic E-state index is 0. The zero-order valence-electron chi connectivity index (χ0n) is 1.60. The molecule has 0 aliphatic heterocycles. The first-order chi connectivity index (χ1) is 0. The molecule has 0 aromatic heterocycles. The van der Waals surface area contributed by atoms with Crippen molar-refractivity contribution >= 4 is 19.8 Å². The summed E-state index contributed by atoms with van der Waals surface area (Å²) in [6.45, 7) is 0. The van der Waals surface area contributed by atoms with Gasteiger partial charge in [0.25, 0.3) is 0 Å². The third-order valence-electron chi connectivity index (χ3n) is 0. The fourth-order valence-corrected chi connectivity index (χ4v) is 0. The minimum atomic E-state index is 0. The predicted octanol–water partition coefficient (Wildman–Crippen LogP) is 1.72. The third kappa shape index (κ3) is 9.09. The maximum Gasteiger partial charge on any atom is 0 e. The van der Waals surface area contributed by atoms with Gasteiger partial charge in [-0.25, -0.2) is 0 Å². The van der Waals surface area contributed by atoms with Crippen LogP contribution in [0.3, 0.4) is 0 Å². The van der Waals surface area contributed by atoms with E-state index in [0.717, 1.165) is 0 Å². The van der Waals surface area contributed by atoms with Crippen LogP contribution < -0.4 is 0 Å². The minimum Gasteiger partial charge on any atom is 0 e. The molecule has 6 radical (unpaired) electrons. The molecule has 4 heteroatoms. The largest absolute Gasteiger partial charge is 0 e. The van der Waals surface area contributed by atoms with Crippen molar-refractivity contribution in [1.82, 2.24) is 0 Å². The van der Waals surface area contributed by atoms with Crippen LogP contribution in [0.15, 0.2) is 0 Å². The fraction of sp³-hybridized carbons (Fsp3) is 0. The summed E-state index contributed by atoms with van der Waals surface area (Å²) in [7, 11) is 0. The molecule has 0 fully saturated rings. The number of hydrogen-bond donors (Lipinski definition) is 0. The Kier molecular flexibility index (Phi) is 203. The van der Waals surface area contributed by atoms with Gasteiger partial charge in [0.2, 0.25) is 0 Å². The van der Waals surface area contributed by atoms with Gasteiger partial charge in [-0.2, -0.15) is 0 Å². The maximum atomic E-state index is 0. The van der Waals surface area contributed by atoms with Crippen molar-refractivity contribution in [3.63, 3.8) is 0 Å². The normalized spacial score (nSPS) is 0. The Morgan fingerprint density at radius 2 is 0.500 bits per heavy atom. The van der Waals surface area contributed by atoms with Crippen LogP contribution in [0.2, 0.25) is 0 Å². The SMILES string of the molecule is [Fe].[Fe].[P].[P]. The average Bonchev–Trinajstić information content (AvgIpc) is 0. The first kappa shape index (κ1) is 39.3. The second kappa shape index (κ2) is 20.7. The number of hydrogen-bond acceptors (Lipinski definition) is 0. The van der Waals surface area contributed by atoms with E-state index in [0.29, 0.717) is 0 Å². The van der Waals surface area contributed by atoms with E-state index in [1.54, 1.807) is 0 Å². The van der Waals surface area contributed by atoms with Crippen molar-refractivity contribution in [3.8, 4) is 0 Å². The molecule has 0 heterocycles. The molecule has 0 rings (SSSR count). The van der Waals surface area contributed by atoms with Crippen molar-refractivity contribution in [3.05, 3.63) is 0 Å². The number of rotatable bonds is 0. The molecule has 0 saturated carbocycles. The topological polar surface area (TPSA) is 0 Å². The monoisotopic (exact) mass is 174 g/mol. The van der Waals surface area contributed by atoms with Gasteiger partial charge in [-0.05, 0) is 0 Å². The van der Waals surface area contributed by atoms with E-state index in [2.05, 4.69) is 0 Å². The molecule has 0 atom stereocenters. The van der Waals surface area contributed by atoms with Gasteiger partial charge >= 0.3 is 0 Å². The molecule has 0 spiro atoms. The molecule has 0 aliphatic rings. The average molecular weight is 174 g/mol. The summed E-state index contributed by atoms with van der Waals surface area (Å²) in [5.74, 6) is 0. The summed E-state index contributed by atoms with van der Waals surface area (Å²) in [6, 6.07) is 0. The van der Waals surface area contributed by atoms with Crippen LogP contribution in [0, 0.1) is 0 Å². The van der Waals surface area contributed by atoms with E-state index in [-0.39, 0.29) is 53.9 Å². The van der Waals surface area contributed by atoms with Crippen molar-refractivity contribution < 1.29 is 34.1 Å². The van der Waals surface area contributed by atoms with Gasteiger partial charge in [0.05, 0.1) is 0 Å². The van der Waals surface area contributed by atoms with Gasteiger partial charge in [-0.15, -0.1) is 0 Å². The summed E-state index contributed by atoms with van der Waals surface area (Å²) in [4.78, 5) is 0. The molecule has 0 aromatic carbocycles. The fourth-order valence-electron chi connectivity index (χ4n) is 0. The Hall–Kier alpha value is 1.90. The molecule has 0 unspecified atom stereocenters. The van der Waals surface area contributed by atoms with Gasteiger partial charge in [-0.3, -0.25) is 0 Å². The predicted molar refractivity (Wildman–Crippen MR) is 13.8 cm³/mol. The Bertz CT molecular complexity index is 4.00. The van der Waals surface area contributed by atoms with E-state index in [9.17, 15) is 0 Å². The van der Waals surface area contributed by atoms with Crippen LogP contribution >= 0.6 is 19.8 Å². The molecule has 26 valence electrons. The summed E-state index contributed by atoms with van der Waals surface area (Å²) in [5, 5.41) is 0. The molecular weight excluding hydrogens is 174 g/mol. The van der Waals surface area contributed by atoms with Crippen LogP contribution in [0.1, 0.15) is 0 Å².